The van der Waals surface area contributed by atoms with Gasteiger partial charge in [-0.3, -0.25) is 4.79 Å². The molecular formula is C27H35N3O4S. The largest absolute Gasteiger partial charge is 0.377 e. The number of carbonyl (C=O) groups is 1. The molecule has 35 heavy (non-hydrogen) atoms. The lowest BCUT2D eigenvalue weighted by Crippen LogP contribution is -2.45. The molecule has 0 radical (unpaired) electrons. The monoisotopic (exact) mass is 497 g/mol. The summed E-state index contributed by atoms with van der Waals surface area (Å²) in [7, 11) is -3.57. The number of ether oxygens (including phenoxy) is 1. The Hall–Kier alpha value is -2.58. The van der Waals surface area contributed by atoms with E-state index < -0.39 is 21.2 Å². The van der Waals surface area contributed by atoms with Crippen LogP contribution in [0.2, 0.25) is 0 Å². The molecule has 8 heteroatoms. The van der Waals surface area contributed by atoms with Crippen molar-refractivity contribution in [1.29, 1.82) is 0 Å². The molecule has 0 spiro atoms. The zero-order valence-electron chi connectivity index (χ0n) is 20.9. The second-order valence-electron chi connectivity index (χ2n) is 11.0. The Labute approximate surface area is 208 Å². The van der Waals surface area contributed by atoms with Crippen molar-refractivity contribution >= 4 is 27.3 Å². The van der Waals surface area contributed by atoms with Gasteiger partial charge in [0.05, 0.1) is 23.5 Å². The van der Waals surface area contributed by atoms with Crippen LogP contribution in [0.25, 0.3) is 0 Å². The third-order valence-electron chi connectivity index (χ3n) is 7.28. The fourth-order valence-corrected chi connectivity index (χ4v) is 6.74. The zero-order chi connectivity index (χ0) is 25.0. The fraction of sp³-hybridized carbons (Fsp3) is 0.519. The minimum absolute atomic E-state index is 0.0979. The van der Waals surface area contributed by atoms with E-state index in [1.807, 2.05) is 12.1 Å². The summed E-state index contributed by atoms with van der Waals surface area (Å²) in [6, 6.07) is 14.3. The molecule has 2 aliphatic heterocycles. The molecule has 1 amide bonds. The maximum absolute atomic E-state index is 12.6. The first-order chi connectivity index (χ1) is 16.5. The highest BCUT2D eigenvalue weighted by molar-refractivity contribution is 7.91. The number of anilines is 2. The zero-order valence-corrected chi connectivity index (χ0v) is 21.7. The first kappa shape index (κ1) is 24.1. The lowest BCUT2D eigenvalue weighted by molar-refractivity contribution is -0.00522. The van der Waals surface area contributed by atoms with E-state index in [4.69, 9.17) is 4.74 Å². The topological polar surface area (TPSA) is 87.7 Å². The second-order valence-corrected chi connectivity index (χ2v) is 13.0. The van der Waals surface area contributed by atoms with Gasteiger partial charge in [0.25, 0.3) is 5.91 Å². The number of carbonyl (C=O) groups excluding carboxylic acids is 1. The first-order valence-corrected chi connectivity index (χ1v) is 14.0. The average molecular weight is 498 g/mol. The highest BCUT2D eigenvalue weighted by Gasteiger charge is 2.38. The third-order valence-corrected chi connectivity index (χ3v) is 9.10. The van der Waals surface area contributed by atoms with E-state index in [0.717, 1.165) is 30.8 Å². The van der Waals surface area contributed by atoms with Crippen LogP contribution in [0, 0.1) is 5.41 Å². The molecule has 3 unspecified atom stereocenters. The molecule has 0 bridgehead atoms. The van der Waals surface area contributed by atoms with Gasteiger partial charge in [0.1, 0.15) is 0 Å². The summed E-state index contributed by atoms with van der Waals surface area (Å²) in [5.41, 5.74) is 4.69. The Morgan fingerprint density at radius 2 is 1.80 bits per heavy atom. The van der Waals surface area contributed by atoms with Crippen LogP contribution in [-0.4, -0.2) is 44.9 Å². The standard InChI is InChI=1S/C27H35N3O4S/c1-17-15-30(16-18(2)34-17)22-7-5-6-19(13-22)25-27(3,4)14-21-12-20(8-11-24(21)28-25)26(31)29-35(32,33)23-9-10-23/h5-8,11-13,17-18,23,25,28H,9-10,14-16H2,1-4H3,(H,29,31). The molecule has 2 fully saturated rings. The molecule has 1 saturated heterocycles. The van der Waals surface area contributed by atoms with Gasteiger partial charge in [-0.05, 0) is 80.0 Å². The van der Waals surface area contributed by atoms with Crippen LogP contribution in [0.5, 0.6) is 0 Å². The molecule has 0 aromatic heterocycles. The van der Waals surface area contributed by atoms with Crippen molar-refractivity contribution in [2.24, 2.45) is 5.41 Å². The van der Waals surface area contributed by atoms with E-state index in [9.17, 15) is 13.2 Å². The van der Waals surface area contributed by atoms with Gasteiger partial charge in [-0.25, -0.2) is 13.1 Å². The Balaban J connectivity index is 1.37. The van der Waals surface area contributed by atoms with E-state index >= 15 is 0 Å². The lowest BCUT2D eigenvalue weighted by Gasteiger charge is -2.42. The molecule has 5 rings (SSSR count). The van der Waals surface area contributed by atoms with E-state index in [0.29, 0.717) is 18.4 Å². The van der Waals surface area contributed by atoms with Crippen molar-refractivity contribution in [2.75, 3.05) is 23.3 Å². The summed E-state index contributed by atoms with van der Waals surface area (Å²) >= 11 is 0. The van der Waals surface area contributed by atoms with Gasteiger partial charge in [0, 0.05) is 30.0 Å². The molecule has 2 aromatic carbocycles. The van der Waals surface area contributed by atoms with E-state index in [2.05, 4.69) is 66.9 Å². The summed E-state index contributed by atoms with van der Waals surface area (Å²) in [4.78, 5) is 15.0. The highest BCUT2D eigenvalue weighted by atomic mass is 32.2. The highest BCUT2D eigenvalue weighted by Crippen LogP contribution is 2.45. The van der Waals surface area contributed by atoms with Crippen molar-refractivity contribution in [3.63, 3.8) is 0 Å². The molecule has 188 valence electrons. The SMILES string of the molecule is CC1CN(c2cccc(C3Nc4ccc(C(=O)NS(=O)(=O)C5CC5)cc4CC3(C)C)c2)CC(C)O1. The predicted molar refractivity (Wildman–Crippen MR) is 138 cm³/mol. The molecule has 1 aliphatic carbocycles. The number of benzene rings is 2. The van der Waals surface area contributed by atoms with Crippen LogP contribution in [0.3, 0.4) is 0 Å². The maximum Gasteiger partial charge on any atom is 0.264 e. The lowest BCUT2D eigenvalue weighted by atomic mass is 9.72. The Kier molecular flexibility index (Phi) is 6.08. The van der Waals surface area contributed by atoms with Gasteiger partial charge >= 0.3 is 0 Å². The van der Waals surface area contributed by atoms with Crippen molar-refractivity contribution in [2.45, 2.75) is 70.5 Å². The minimum Gasteiger partial charge on any atom is -0.377 e. The van der Waals surface area contributed by atoms with E-state index in [1.54, 1.807) is 6.07 Å². The van der Waals surface area contributed by atoms with Gasteiger partial charge in [0.2, 0.25) is 10.0 Å². The number of morpholine rings is 1. The van der Waals surface area contributed by atoms with E-state index in [1.165, 1.54) is 11.3 Å². The Morgan fingerprint density at radius 1 is 1.09 bits per heavy atom. The van der Waals surface area contributed by atoms with Gasteiger partial charge < -0.3 is 15.0 Å². The van der Waals surface area contributed by atoms with Gasteiger partial charge in [0.15, 0.2) is 0 Å². The van der Waals surface area contributed by atoms with Crippen LogP contribution in [0.4, 0.5) is 11.4 Å². The predicted octanol–water partition coefficient (Wildman–Crippen LogP) is 4.26. The molecule has 2 heterocycles. The smallest absolute Gasteiger partial charge is 0.264 e. The summed E-state index contributed by atoms with van der Waals surface area (Å²) in [6.07, 6.45) is 2.41. The summed E-state index contributed by atoms with van der Waals surface area (Å²) in [5.74, 6) is -0.554. The number of nitrogens with zero attached hydrogens (tertiary/aromatic N) is 1. The molecule has 3 aliphatic rings. The number of hydrogen-bond donors (Lipinski definition) is 2. The van der Waals surface area contributed by atoms with Crippen LogP contribution in [0.15, 0.2) is 42.5 Å². The Bertz CT molecular complexity index is 1230. The normalized spacial score (nSPS) is 25.9. The maximum atomic E-state index is 12.6. The molecule has 2 aromatic rings. The summed E-state index contributed by atoms with van der Waals surface area (Å²) in [5, 5.41) is 3.27. The van der Waals surface area contributed by atoms with Crippen LogP contribution >= 0.6 is 0 Å². The average Bonchev–Trinajstić information content (AvgIpc) is 3.63. The van der Waals surface area contributed by atoms with Crippen molar-refractivity contribution < 1.29 is 17.9 Å². The Morgan fingerprint density at radius 3 is 2.49 bits per heavy atom. The van der Waals surface area contributed by atoms with Crippen molar-refractivity contribution in [3.05, 3.63) is 59.2 Å². The van der Waals surface area contributed by atoms with Gasteiger partial charge in [-0.2, -0.15) is 0 Å². The number of sulfonamides is 1. The fourth-order valence-electron chi connectivity index (χ4n) is 5.44. The first-order valence-electron chi connectivity index (χ1n) is 12.5. The quantitative estimate of drug-likeness (QED) is 0.642. The van der Waals surface area contributed by atoms with Crippen LogP contribution in [0.1, 0.15) is 68.1 Å². The number of fused-ring (bicyclic) bond motifs is 1. The van der Waals surface area contributed by atoms with E-state index in [-0.39, 0.29) is 23.7 Å². The number of hydrogen-bond acceptors (Lipinski definition) is 6. The minimum atomic E-state index is -3.57. The summed E-state index contributed by atoms with van der Waals surface area (Å²) < 4.78 is 32.5. The van der Waals surface area contributed by atoms with Crippen LogP contribution < -0.4 is 14.9 Å². The number of nitrogens with one attached hydrogen (secondary N) is 2. The van der Waals surface area contributed by atoms with Crippen molar-refractivity contribution in [3.8, 4) is 0 Å². The molecule has 1 saturated carbocycles. The second kappa shape index (κ2) is 8.82. The molecule has 3 atom stereocenters. The number of amides is 1. The van der Waals surface area contributed by atoms with Crippen molar-refractivity contribution in [1.82, 2.24) is 4.72 Å². The van der Waals surface area contributed by atoms with Gasteiger partial charge in [-0.1, -0.05) is 26.0 Å². The number of rotatable bonds is 5. The van der Waals surface area contributed by atoms with Gasteiger partial charge in [-0.15, -0.1) is 0 Å². The third kappa shape index (κ3) is 5.05. The van der Waals surface area contributed by atoms with Crippen LogP contribution in [-0.2, 0) is 21.2 Å². The molecule has 2 N–H and O–H groups in total. The molecule has 7 nitrogen and oxygen atoms in total. The molecular weight excluding hydrogens is 462 g/mol. The summed E-state index contributed by atoms with van der Waals surface area (Å²) in [6.45, 7) is 10.4.